The average molecular weight is 241 g/mol. The largest absolute Gasteiger partial charge is 0.303 e. The quantitative estimate of drug-likeness (QED) is 0.441. The van der Waals surface area contributed by atoms with Crippen LogP contribution in [0.2, 0.25) is 0 Å². The number of nitrogens with zero attached hydrogens (tertiary/aromatic N) is 2. The van der Waals surface area contributed by atoms with E-state index in [2.05, 4.69) is 22.4 Å². The van der Waals surface area contributed by atoms with Crippen molar-refractivity contribution in [3.05, 3.63) is 0 Å². The number of nitrogens with one attached hydrogen (secondary N) is 1. The van der Waals surface area contributed by atoms with Crippen LogP contribution in [-0.4, -0.2) is 22.5 Å². The molecule has 1 aliphatic heterocycles. The molecule has 0 atom stereocenters. The average Bonchev–Trinajstić information content (AvgIpc) is 2.68. The van der Waals surface area contributed by atoms with Crippen molar-refractivity contribution in [1.82, 2.24) is 5.32 Å². The molecule has 4 nitrogen and oxygen atoms in total. The van der Waals surface area contributed by atoms with Crippen molar-refractivity contribution >= 4 is 28.5 Å². The van der Waals surface area contributed by atoms with Gasteiger partial charge in [-0.3, -0.25) is 4.79 Å². The van der Waals surface area contributed by atoms with Crippen molar-refractivity contribution < 1.29 is 4.79 Å². The molecule has 16 heavy (non-hydrogen) atoms. The van der Waals surface area contributed by atoms with Crippen molar-refractivity contribution in [3.63, 3.8) is 0 Å². The zero-order valence-corrected chi connectivity index (χ0v) is 10.8. The van der Waals surface area contributed by atoms with E-state index in [-0.39, 0.29) is 5.91 Å². The van der Waals surface area contributed by atoms with Crippen LogP contribution in [0, 0.1) is 0 Å². The lowest BCUT2D eigenvalue weighted by Crippen LogP contribution is -2.19. The molecule has 1 amide bonds. The summed E-state index contributed by atoms with van der Waals surface area (Å²) >= 11 is 1.41. The van der Waals surface area contributed by atoms with Gasteiger partial charge in [-0.1, -0.05) is 37.9 Å². The van der Waals surface area contributed by atoms with Gasteiger partial charge in [0.05, 0.1) is 5.75 Å². The van der Waals surface area contributed by atoms with Gasteiger partial charge in [0.2, 0.25) is 5.91 Å². The predicted molar refractivity (Wildman–Crippen MR) is 69.9 cm³/mol. The first kappa shape index (κ1) is 13.2. The highest BCUT2D eigenvalue weighted by atomic mass is 32.2. The number of carbonyl (C=O) groups is 1. The van der Waals surface area contributed by atoms with Crippen molar-refractivity contribution in [2.24, 2.45) is 10.2 Å². The Bertz CT molecular complexity index is 300. The van der Waals surface area contributed by atoms with E-state index in [9.17, 15) is 4.79 Å². The molecule has 1 N–H and O–H groups in total. The minimum Gasteiger partial charge on any atom is -0.303 e. The molecule has 1 aliphatic rings. The summed E-state index contributed by atoms with van der Waals surface area (Å²) in [5.74, 6) is 0.476. The van der Waals surface area contributed by atoms with Gasteiger partial charge in [0, 0.05) is 5.71 Å². The smallest absolute Gasteiger partial charge is 0.236 e. The summed E-state index contributed by atoms with van der Waals surface area (Å²) < 4.78 is 0. The highest BCUT2D eigenvalue weighted by Gasteiger charge is 2.15. The van der Waals surface area contributed by atoms with Crippen molar-refractivity contribution in [3.8, 4) is 0 Å². The van der Waals surface area contributed by atoms with Crippen LogP contribution >= 0.6 is 11.8 Å². The van der Waals surface area contributed by atoms with E-state index in [1.807, 2.05) is 6.92 Å². The van der Waals surface area contributed by atoms with E-state index in [4.69, 9.17) is 0 Å². The lowest BCUT2D eigenvalue weighted by atomic mass is 10.1. The number of amidine groups is 1. The summed E-state index contributed by atoms with van der Waals surface area (Å²) in [6.07, 6.45) is 5.96. The third-order valence-corrected chi connectivity index (χ3v) is 3.15. The van der Waals surface area contributed by atoms with Crippen LogP contribution in [0.15, 0.2) is 10.2 Å². The molecule has 90 valence electrons. The summed E-state index contributed by atoms with van der Waals surface area (Å²) in [6.45, 7) is 4.18. The fourth-order valence-electron chi connectivity index (χ4n) is 1.37. The van der Waals surface area contributed by atoms with Crippen molar-refractivity contribution in [1.29, 1.82) is 0 Å². The van der Waals surface area contributed by atoms with Crippen LogP contribution in [-0.2, 0) is 4.79 Å². The summed E-state index contributed by atoms with van der Waals surface area (Å²) in [6, 6.07) is 0. The second-order valence-electron chi connectivity index (χ2n) is 3.89. The third-order valence-electron chi connectivity index (χ3n) is 2.29. The van der Waals surface area contributed by atoms with Gasteiger partial charge in [-0.2, -0.15) is 5.10 Å². The Morgan fingerprint density at radius 1 is 1.44 bits per heavy atom. The number of hydrogen-bond donors (Lipinski definition) is 1. The molecule has 1 fully saturated rings. The van der Waals surface area contributed by atoms with Gasteiger partial charge in [-0.15, -0.1) is 5.10 Å². The van der Waals surface area contributed by atoms with Crippen LogP contribution in [0.3, 0.4) is 0 Å². The molecule has 0 radical (unpaired) electrons. The zero-order chi connectivity index (χ0) is 11.8. The SMILES string of the molecule is CCCCCC/C(C)=N\N=C1/NC(=O)CS1. The topological polar surface area (TPSA) is 53.8 Å². The maximum Gasteiger partial charge on any atom is 0.236 e. The second kappa shape index (κ2) is 7.44. The Morgan fingerprint density at radius 2 is 2.25 bits per heavy atom. The molecule has 1 heterocycles. The molecule has 0 bridgehead atoms. The van der Waals surface area contributed by atoms with Crippen molar-refractivity contribution in [2.75, 3.05) is 5.75 Å². The maximum absolute atomic E-state index is 10.9. The maximum atomic E-state index is 10.9. The minimum absolute atomic E-state index is 0.0135. The normalized spacial score (nSPS) is 19.2. The fraction of sp³-hybridized carbons (Fsp3) is 0.727. The van der Waals surface area contributed by atoms with Crippen LogP contribution in [0.5, 0.6) is 0 Å². The second-order valence-corrected chi connectivity index (χ2v) is 4.85. The molecule has 0 aromatic rings. The summed E-state index contributed by atoms with van der Waals surface area (Å²) in [5.41, 5.74) is 1.03. The lowest BCUT2D eigenvalue weighted by Gasteiger charge is -1.98. The summed E-state index contributed by atoms with van der Waals surface area (Å²) in [7, 11) is 0. The van der Waals surface area contributed by atoms with E-state index in [1.54, 1.807) is 0 Å². The lowest BCUT2D eigenvalue weighted by molar-refractivity contribution is -0.116. The Hall–Kier alpha value is -0.840. The molecule has 0 spiro atoms. The highest BCUT2D eigenvalue weighted by Crippen LogP contribution is 2.09. The molecule has 0 saturated carbocycles. The Kier molecular flexibility index (Phi) is 6.15. The number of hydrogen-bond acceptors (Lipinski definition) is 4. The highest BCUT2D eigenvalue weighted by molar-refractivity contribution is 8.15. The first-order valence-corrected chi connectivity index (χ1v) is 6.74. The van der Waals surface area contributed by atoms with Crippen LogP contribution in [0.1, 0.15) is 46.0 Å². The molecule has 0 aromatic heterocycles. The van der Waals surface area contributed by atoms with Gasteiger partial charge in [-0.25, -0.2) is 0 Å². The first-order chi connectivity index (χ1) is 7.72. The third kappa shape index (κ3) is 5.30. The molecule has 5 heteroatoms. The molecule has 1 rings (SSSR count). The summed E-state index contributed by atoms with van der Waals surface area (Å²) in [5, 5.41) is 11.4. The van der Waals surface area contributed by atoms with Crippen LogP contribution < -0.4 is 5.32 Å². The van der Waals surface area contributed by atoms with Gasteiger partial charge < -0.3 is 5.32 Å². The van der Waals surface area contributed by atoms with Crippen molar-refractivity contribution in [2.45, 2.75) is 46.0 Å². The number of carbonyl (C=O) groups excluding carboxylic acids is 1. The summed E-state index contributed by atoms with van der Waals surface area (Å²) in [4.78, 5) is 10.9. The number of thioether (sulfide) groups is 1. The minimum atomic E-state index is 0.0135. The molecular formula is C11H19N3OS. The molecule has 0 aliphatic carbocycles. The Morgan fingerprint density at radius 3 is 2.88 bits per heavy atom. The van der Waals surface area contributed by atoms with E-state index in [0.29, 0.717) is 10.9 Å². The van der Waals surface area contributed by atoms with Gasteiger partial charge in [-0.05, 0) is 19.8 Å². The Labute approximate surface area is 101 Å². The van der Waals surface area contributed by atoms with Crippen LogP contribution in [0.25, 0.3) is 0 Å². The number of unbranched alkanes of at least 4 members (excludes halogenated alkanes) is 3. The zero-order valence-electron chi connectivity index (χ0n) is 9.95. The Balaban J connectivity index is 2.25. The number of amides is 1. The predicted octanol–water partition coefficient (Wildman–Crippen LogP) is 2.55. The van der Waals surface area contributed by atoms with E-state index >= 15 is 0 Å². The standard InChI is InChI=1S/C11H19N3OS/c1-3-4-5-6-7-9(2)13-14-11-12-10(15)8-16-11/h3-8H2,1-2H3,(H,12,14,15)/b13-9-. The van der Waals surface area contributed by atoms with Gasteiger partial charge in [0.1, 0.15) is 0 Å². The monoisotopic (exact) mass is 241 g/mol. The van der Waals surface area contributed by atoms with Gasteiger partial charge >= 0.3 is 0 Å². The van der Waals surface area contributed by atoms with E-state index in [0.717, 1.165) is 12.1 Å². The van der Waals surface area contributed by atoms with Gasteiger partial charge in [0.15, 0.2) is 5.17 Å². The van der Waals surface area contributed by atoms with E-state index < -0.39 is 0 Å². The first-order valence-electron chi connectivity index (χ1n) is 5.76. The molecule has 0 unspecified atom stereocenters. The molecular weight excluding hydrogens is 222 g/mol. The number of rotatable bonds is 6. The van der Waals surface area contributed by atoms with Gasteiger partial charge in [0.25, 0.3) is 0 Å². The van der Waals surface area contributed by atoms with Crippen LogP contribution in [0.4, 0.5) is 0 Å². The molecule has 1 saturated heterocycles. The fourth-order valence-corrected chi connectivity index (χ4v) is 1.99. The molecule has 0 aromatic carbocycles. The van der Waals surface area contributed by atoms with E-state index in [1.165, 1.54) is 37.4 Å².